The minimum absolute atomic E-state index is 0.573. The molecule has 2 fully saturated rings. The summed E-state index contributed by atoms with van der Waals surface area (Å²) in [6.45, 7) is 0. The third-order valence-electron chi connectivity index (χ3n) is 2.28. The van der Waals surface area contributed by atoms with Crippen molar-refractivity contribution in [3.05, 3.63) is 0 Å². The zero-order valence-corrected chi connectivity index (χ0v) is 4.43. The third kappa shape index (κ3) is 0.480. The lowest BCUT2D eigenvalue weighted by atomic mass is 10.2. The summed E-state index contributed by atoms with van der Waals surface area (Å²) in [7, 11) is 0. The van der Waals surface area contributed by atoms with Gasteiger partial charge in [0.2, 0.25) is 0 Å². The van der Waals surface area contributed by atoms with Gasteiger partial charge in [-0.1, -0.05) is 0 Å². The first-order valence-electron chi connectivity index (χ1n) is 3.12. The van der Waals surface area contributed by atoms with Gasteiger partial charge in [-0.05, 0) is 31.1 Å². The molecule has 0 radical (unpaired) electrons. The molecule has 1 nitrogen and oxygen atoms in total. The molecule has 1 heteroatoms. The van der Waals surface area contributed by atoms with Gasteiger partial charge in [-0.15, -0.1) is 0 Å². The molecule has 2 N–H and O–H groups in total. The Kier molecular flexibility index (Phi) is 0.571. The zero-order valence-electron chi connectivity index (χ0n) is 4.43. The molecule has 2 aliphatic rings. The Morgan fingerprint density at radius 2 is 1.57 bits per heavy atom. The molecule has 0 bridgehead atoms. The molecule has 3 atom stereocenters. The fourth-order valence-corrected chi connectivity index (χ4v) is 1.76. The van der Waals surface area contributed by atoms with Crippen LogP contribution in [0.25, 0.3) is 0 Å². The highest BCUT2D eigenvalue weighted by Gasteiger charge is 2.44. The van der Waals surface area contributed by atoms with Crippen LogP contribution < -0.4 is 5.73 Å². The second-order valence-corrected chi connectivity index (χ2v) is 2.99. The van der Waals surface area contributed by atoms with E-state index in [4.69, 9.17) is 5.73 Å². The van der Waals surface area contributed by atoms with Gasteiger partial charge in [-0.2, -0.15) is 0 Å². The second kappa shape index (κ2) is 1.03. The molecule has 0 saturated heterocycles. The van der Waals surface area contributed by atoms with E-state index >= 15 is 0 Å². The number of fused-ring (bicyclic) bond motifs is 1. The van der Waals surface area contributed by atoms with Crippen molar-refractivity contribution >= 4 is 0 Å². The zero-order chi connectivity index (χ0) is 4.85. The Labute approximate surface area is 43.9 Å². The van der Waals surface area contributed by atoms with Gasteiger partial charge in [0, 0.05) is 6.04 Å². The molecular weight excluding hydrogens is 86.1 g/mol. The Balaban J connectivity index is 2.02. The van der Waals surface area contributed by atoms with Crippen molar-refractivity contribution in [2.75, 3.05) is 0 Å². The fraction of sp³-hybridized carbons (Fsp3) is 1.00. The number of nitrogens with two attached hydrogens (primary N) is 1. The molecule has 2 rings (SSSR count). The fourth-order valence-electron chi connectivity index (χ4n) is 1.76. The third-order valence-corrected chi connectivity index (χ3v) is 2.28. The van der Waals surface area contributed by atoms with E-state index in [-0.39, 0.29) is 0 Å². The van der Waals surface area contributed by atoms with Crippen LogP contribution in [0.15, 0.2) is 0 Å². The largest absolute Gasteiger partial charge is 0.328 e. The van der Waals surface area contributed by atoms with Crippen LogP contribution in [0.2, 0.25) is 0 Å². The van der Waals surface area contributed by atoms with Crippen molar-refractivity contribution in [2.24, 2.45) is 17.6 Å². The van der Waals surface area contributed by atoms with Crippen molar-refractivity contribution in [1.82, 2.24) is 0 Å². The highest BCUT2D eigenvalue weighted by molar-refractivity contribution is 4.97. The van der Waals surface area contributed by atoms with Gasteiger partial charge in [-0.25, -0.2) is 0 Å². The summed E-state index contributed by atoms with van der Waals surface area (Å²) in [6, 6.07) is 0.573. The molecule has 0 aromatic rings. The smallest absolute Gasteiger partial charge is 0.00443 e. The van der Waals surface area contributed by atoms with Gasteiger partial charge >= 0.3 is 0 Å². The second-order valence-electron chi connectivity index (χ2n) is 2.99. The Morgan fingerprint density at radius 1 is 1.00 bits per heavy atom. The summed E-state index contributed by atoms with van der Waals surface area (Å²) in [5.74, 6) is 2.13. The van der Waals surface area contributed by atoms with Crippen molar-refractivity contribution in [1.29, 1.82) is 0 Å². The van der Waals surface area contributed by atoms with Crippen LogP contribution in [0, 0.1) is 11.8 Å². The molecule has 0 aliphatic heterocycles. The summed E-state index contributed by atoms with van der Waals surface area (Å²) in [4.78, 5) is 0. The van der Waals surface area contributed by atoms with Crippen molar-refractivity contribution < 1.29 is 0 Å². The van der Waals surface area contributed by atoms with E-state index in [1.807, 2.05) is 0 Å². The van der Waals surface area contributed by atoms with Crippen LogP contribution in [0.5, 0.6) is 0 Å². The monoisotopic (exact) mass is 97.1 g/mol. The van der Waals surface area contributed by atoms with Crippen LogP contribution in [0.1, 0.15) is 19.3 Å². The van der Waals surface area contributed by atoms with E-state index < -0.39 is 0 Å². The first kappa shape index (κ1) is 3.90. The summed E-state index contributed by atoms with van der Waals surface area (Å²) < 4.78 is 0. The lowest BCUT2D eigenvalue weighted by Crippen LogP contribution is -2.16. The molecule has 7 heavy (non-hydrogen) atoms. The van der Waals surface area contributed by atoms with Crippen LogP contribution in [0.4, 0.5) is 0 Å². The molecule has 0 spiro atoms. The highest BCUT2D eigenvalue weighted by Crippen LogP contribution is 2.50. The van der Waals surface area contributed by atoms with Crippen LogP contribution in [-0.2, 0) is 0 Å². The van der Waals surface area contributed by atoms with Gasteiger partial charge in [0.1, 0.15) is 0 Å². The van der Waals surface area contributed by atoms with Gasteiger partial charge in [0.15, 0.2) is 0 Å². The molecule has 2 aliphatic carbocycles. The van der Waals surface area contributed by atoms with Crippen molar-refractivity contribution in [3.63, 3.8) is 0 Å². The molecule has 40 valence electrons. The van der Waals surface area contributed by atoms with Gasteiger partial charge in [-0.3, -0.25) is 0 Å². The standard InChI is InChI=1S/C6H11N/c7-6-2-4-1-5(4)3-6/h4-6H,1-3,7H2/t4-,5+,6?. The average Bonchev–Trinajstić information content (AvgIpc) is 2.15. The predicted octanol–water partition coefficient (Wildman–Crippen LogP) is 0.744. The number of rotatable bonds is 0. The van der Waals surface area contributed by atoms with Gasteiger partial charge in [0.25, 0.3) is 0 Å². The maximum atomic E-state index is 5.66. The summed E-state index contributed by atoms with van der Waals surface area (Å²) >= 11 is 0. The predicted molar refractivity (Wildman–Crippen MR) is 28.8 cm³/mol. The van der Waals surface area contributed by atoms with Crippen LogP contribution in [-0.4, -0.2) is 6.04 Å². The van der Waals surface area contributed by atoms with E-state index in [0.29, 0.717) is 6.04 Å². The average molecular weight is 97.2 g/mol. The first-order valence-corrected chi connectivity index (χ1v) is 3.12. The number of hydrogen-bond donors (Lipinski definition) is 1. The summed E-state index contributed by atoms with van der Waals surface area (Å²) in [5, 5.41) is 0. The normalized spacial score (nSPS) is 57.0. The Hall–Kier alpha value is -0.0400. The maximum absolute atomic E-state index is 5.66. The minimum Gasteiger partial charge on any atom is -0.328 e. The molecule has 0 amide bonds. The van der Waals surface area contributed by atoms with E-state index in [9.17, 15) is 0 Å². The SMILES string of the molecule is NC1C[C@@H]2C[C@@H]2C1. The molecular formula is C6H11N. The summed E-state index contributed by atoms with van der Waals surface area (Å²) in [6.07, 6.45) is 4.14. The molecule has 1 unspecified atom stereocenters. The van der Waals surface area contributed by atoms with Crippen LogP contribution in [0.3, 0.4) is 0 Å². The Bertz CT molecular complexity index is 80.2. The quantitative estimate of drug-likeness (QED) is 0.474. The molecule has 0 aromatic carbocycles. The summed E-state index contributed by atoms with van der Waals surface area (Å²) in [5.41, 5.74) is 5.66. The minimum atomic E-state index is 0.573. The molecule has 2 saturated carbocycles. The highest BCUT2D eigenvalue weighted by atomic mass is 14.7. The lowest BCUT2D eigenvalue weighted by Gasteiger charge is -1.99. The topological polar surface area (TPSA) is 26.0 Å². The Morgan fingerprint density at radius 3 is 1.86 bits per heavy atom. The van der Waals surface area contributed by atoms with E-state index in [0.717, 1.165) is 11.8 Å². The van der Waals surface area contributed by atoms with E-state index in [1.165, 1.54) is 19.3 Å². The van der Waals surface area contributed by atoms with E-state index in [2.05, 4.69) is 0 Å². The van der Waals surface area contributed by atoms with E-state index in [1.54, 1.807) is 0 Å². The van der Waals surface area contributed by atoms with Crippen LogP contribution >= 0.6 is 0 Å². The van der Waals surface area contributed by atoms with Crippen molar-refractivity contribution in [3.8, 4) is 0 Å². The van der Waals surface area contributed by atoms with Gasteiger partial charge < -0.3 is 5.73 Å². The lowest BCUT2D eigenvalue weighted by molar-refractivity contribution is 0.614. The molecule has 0 heterocycles. The number of hydrogen-bond acceptors (Lipinski definition) is 1. The van der Waals surface area contributed by atoms with Gasteiger partial charge in [0.05, 0.1) is 0 Å². The first-order chi connectivity index (χ1) is 3.36. The van der Waals surface area contributed by atoms with Crippen molar-refractivity contribution in [2.45, 2.75) is 25.3 Å². The maximum Gasteiger partial charge on any atom is 0.00443 e. The molecule has 0 aromatic heterocycles.